The molecule has 6 heteroatoms. The van der Waals surface area contributed by atoms with Gasteiger partial charge in [0.1, 0.15) is 5.82 Å². The second kappa shape index (κ2) is 5.19. The van der Waals surface area contributed by atoms with Crippen LogP contribution >= 0.6 is 0 Å². The molecule has 1 aromatic heterocycles. The van der Waals surface area contributed by atoms with Crippen molar-refractivity contribution in [2.75, 3.05) is 5.73 Å². The van der Waals surface area contributed by atoms with Gasteiger partial charge in [0.15, 0.2) is 5.82 Å². The lowest BCUT2D eigenvalue weighted by Gasteiger charge is -2.11. The molecule has 0 saturated heterocycles. The van der Waals surface area contributed by atoms with Crippen molar-refractivity contribution in [1.29, 1.82) is 0 Å². The number of nitrogens with zero attached hydrogens (tertiary/aromatic N) is 4. The highest BCUT2D eigenvalue weighted by molar-refractivity contribution is 5.71. The third kappa shape index (κ3) is 2.50. The normalized spacial score (nSPS) is 22.3. The Bertz CT molecular complexity index is 609. The summed E-state index contributed by atoms with van der Waals surface area (Å²) in [6, 6.07) is 4.30. The molecule has 2 N–H and O–H groups in total. The highest BCUT2D eigenvalue weighted by Crippen LogP contribution is 2.32. The zero-order chi connectivity index (χ0) is 14.1. The monoisotopic (exact) mass is 275 g/mol. The van der Waals surface area contributed by atoms with Crippen molar-refractivity contribution < 1.29 is 4.39 Å². The van der Waals surface area contributed by atoms with Gasteiger partial charge in [0.2, 0.25) is 0 Å². The Kier molecular flexibility index (Phi) is 3.38. The highest BCUT2D eigenvalue weighted by Gasteiger charge is 2.23. The predicted molar refractivity (Wildman–Crippen MR) is 74.1 cm³/mol. The third-order valence-electron chi connectivity index (χ3n) is 4.02. The maximum atomic E-state index is 13.1. The van der Waals surface area contributed by atoms with Gasteiger partial charge in [-0.3, -0.25) is 0 Å². The van der Waals surface area contributed by atoms with Crippen molar-refractivity contribution in [3.8, 4) is 11.4 Å². The lowest BCUT2D eigenvalue weighted by Crippen LogP contribution is -2.11. The van der Waals surface area contributed by atoms with Gasteiger partial charge in [-0.1, -0.05) is 13.3 Å². The van der Waals surface area contributed by atoms with Gasteiger partial charge in [-0.2, -0.15) is 0 Å². The van der Waals surface area contributed by atoms with E-state index < -0.39 is 0 Å². The lowest BCUT2D eigenvalue weighted by atomic mass is 10.1. The molecule has 20 heavy (non-hydrogen) atoms. The lowest BCUT2D eigenvalue weighted by molar-refractivity contribution is 0.412. The number of hydrogen-bond donors (Lipinski definition) is 1. The molecule has 1 heterocycles. The number of nitrogens with two attached hydrogens (primary N) is 1. The Labute approximate surface area is 117 Å². The molecule has 2 unspecified atom stereocenters. The molecule has 2 atom stereocenters. The van der Waals surface area contributed by atoms with Crippen LogP contribution in [0.5, 0.6) is 0 Å². The Morgan fingerprint density at radius 2 is 2.25 bits per heavy atom. The van der Waals surface area contributed by atoms with E-state index >= 15 is 0 Å². The van der Waals surface area contributed by atoms with E-state index in [0.29, 0.717) is 23.0 Å². The van der Waals surface area contributed by atoms with Crippen LogP contribution in [0.25, 0.3) is 11.4 Å². The molecular formula is C14H18FN5. The standard InChI is InChI=1S/C14H18FN5/c1-9-2-3-10(6-9)8-20-14(17-18-19-20)12-5-4-11(15)7-13(12)16/h4-5,7,9-10H,2-3,6,8,16H2,1H3. The number of aromatic nitrogens is 4. The molecule has 2 aromatic rings. The summed E-state index contributed by atoms with van der Waals surface area (Å²) in [5, 5.41) is 11.8. The minimum Gasteiger partial charge on any atom is -0.398 e. The Morgan fingerprint density at radius 1 is 1.40 bits per heavy atom. The number of anilines is 1. The van der Waals surface area contributed by atoms with Crippen molar-refractivity contribution in [1.82, 2.24) is 20.2 Å². The number of halogens is 1. The van der Waals surface area contributed by atoms with Gasteiger partial charge in [0.25, 0.3) is 0 Å². The van der Waals surface area contributed by atoms with Gasteiger partial charge >= 0.3 is 0 Å². The molecule has 0 amide bonds. The highest BCUT2D eigenvalue weighted by atomic mass is 19.1. The minimum atomic E-state index is -0.352. The van der Waals surface area contributed by atoms with Gasteiger partial charge in [-0.05, 0) is 53.3 Å². The average Bonchev–Trinajstić information content (AvgIpc) is 3.00. The molecule has 1 aromatic carbocycles. The van der Waals surface area contributed by atoms with Crippen molar-refractivity contribution in [2.24, 2.45) is 11.8 Å². The van der Waals surface area contributed by atoms with Gasteiger partial charge in [-0.15, -0.1) is 5.10 Å². The van der Waals surface area contributed by atoms with Crippen molar-refractivity contribution in [3.05, 3.63) is 24.0 Å². The van der Waals surface area contributed by atoms with Crippen LogP contribution in [-0.2, 0) is 6.54 Å². The molecular weight excluding hydrogens is 257 g/mol. The molecule has 1 fully saturated rings. The van der Waals surface area contributed by atoms with E-state index in [0.717, 1.165) is 12.5 Å². The van der Waals surface area contributed by atoms with E-state index in [4.69, 9.17) is 5.73 Å². The van der Waals surface area contributed by atoms with Crippen LogP contribution in [0, 0.1) is 17.7 Å². The molecule has 1 aliphatic rings. The maximum absolute atomic E-state index is 13.1. The number of nitrogen functional groups attached to an aromatic ring is 1. The first kappa shape index (κ1) is 13.0. The number of tetrazole rings is 1. The van der Waals surface area contributed by atoms with Gasteiger partial charge in [-0.25, -0.2) is 9.07 Å². The first-order chi connectivity index (χ1) is 9.63. The summed E-state index contributed by atoms with van der Waals surface area (Å²) < 4.78 is 14.9. The predicted octanol–water partition coefficient (Wildman–Crippen LogP) is 2.50. The zero-order valence-corrected chi connectivity index (χ0v) is 11.5. The van der Waals surface area contributed by atoms with E-state index in [9.17, 15) is 4.39 Å². The summed E-state index contributed by atoms with van der Waals surface area (Å²) in [5.74, 6) is 1.64. The Hall–Kier alpha value is -1.98. The molecule has 1 aliphatic carbocycles. The summed E-state index contributed by atoms with van der Waals surface area (Å²) in [7, 11) is 0. The van der Waals surface area contributed by atoms with Crippen LogP contribution in [-0.4, -0.2) is 20.2 Å². The Morgan fingerprint density at radius 3 is 2.95 bits per heavy atom. The second-order valence-corrected chi connectivity index (χ2v) is 5.70. The fourth-order valence-electron chi connectivity index (χ4n) is 2.99. The molecule has 3 rings (SSSR count). The zero-order valence-electron chi connectivity index (χ0n) is 11.5. The number of benzene rings is 1. The largest absolute Gasteiger partial charge is 0.398 e. The third-order valence-corrected chi connectivity index (χ3v) is 4.02. The SMILES string of the molecule is CC1CCC(Cn2nnnc2-c2ccc(F)cc2N)C1. The van der Waals surface area contributed by atoms with Gasteiger partial charge < -0.3 is 5.73 Å². The summed E-state index contributed by atoms with van der Waals surface area (Å²) in [5.41, 5.74) is 6.91. The van der Waals surface area contributed by atoms with Crippen molar-refractivity contribution in [3.63, 3.8) is 0 Å². The minimum absolute atomic E-state index is 0.352. The first-order valence-electron chi connectivity index (χ1n) is 6.95. The van der Waals surface area contributed by atoms with Crippen molar-refractivity contribution >= 4 is 5.69 Å². The molecule has 1 saturated carbocycles. The number of hydrogen-bond acceptors (Lipinski definition) is 4. The van der Waals surface area contributed by atoms with E-state index in [-0.39, 0.29) is 5.82 Å². The molecule has 0 aliphatic heterocycles. The van der Waals surface area contributed by atoms with Crippen LogP contribution in [0.4, 0.5) is 10.1 Å². The average molecular weight is 275 g/mol. The smallest absolute Gasteiger partial charge is 0.184 e. The summed E-state index contributed by atoms with van der Waals surface area (Å²) in [4.78, 5) is 0. The Balaban J connectivity index is 1.86. The fourth-order valence-corrected chi connectivity index (χ4v) is 2.99. The van der Waals surface area contributed by atoms with Crippen molar-refractivity contribution in [2.45, 2.75) is 32.7 Å². The molecule has 5 nitrogen and oxygen atoms in total. The van der Waals surface area contributed by atoms with Crippen LogP contribution in [0.3, 0.4) is 0 Å². The first-order valence-corrected chi connectivity index (χ1v) is 6.95. The van der Waals surface area contributed by atoms with E-state index in [1.165, 1.54) is 31.4 Å². The summed E-state index contributed by atoms with van der Waals surface area (Å²) in [6.45, 7) is 3.07. The maximum Gasteiger partial charge on any atom is 0.184 e. The van der Waals surface area contributed by atoms with E-state index in [1.807, 2.05) is 0 Å². The molecule has 0 spiro atoms. The van der Waals surface area contributed by atoms with Crippen LogP contribution in [0.2, 0.25) is 0 Å². The van der Waals surface area contributed by atoms with Crippen LogP contribution in [0.1, 0.15) is 26.2 Å². The van der Waals surface area contributed by atoms with E-state index in [1.54, 1.807) is 10.7 Å². The number of rotatable bonds is 3. The second-order valence-electron chi connectivity index (χ2n) is 5.70. The van der Waals surface area contributed by atoms with Gasteiger partial charge in [0.05, 0.1) is 0 Å². The van der Waals surface area contributed by atoms with E-state index in [2.05, 4.69) is 22.4 Å². The quantitative estimate of drug-likeness (QED) is 0.874. The van der Waals surface area contributed by atoms with Crippen LogP contribution < -0.4 is 5.73 Å². The molecule has 106 valence electrons. The summed E-state index contributed by atoms with van der Waals surface area (Å²) in [6.07, 6.45) is 3.68. The molecule has 0 radical (unpaired) electrons. The van der Waals surface area contributed by atoms with Crippen LogP contribution in [0.15, 0.2) is 18.2 Å². The fraction of sp³-hybridized carbons (Fsp3) is 0.500. The van der Waals surface area contributed by atoms with Gasteiger partial charge in [0, 0.05) is 17.8 Å². The topological polar surface area (TPSA) is 69.6 Å². The molecule has 0 bridgehead atoms. The summed E-state index contributed by atoms with van der Waals surface area (Å²) >= 11 is 0.